The van der Waals surface area contributed by atoms with Gasteiger partial charge < -0.3 is 5.11 Å². The lowest BCUT2D eigenvalue weighted by molar-refractivity contribution is 0.0696. The lowest BCUT2D eigenvalue weighted by atomic mass is 10.1. The Balaban J connectivity index is 2.27. The van der Waals surface area contributed by atoms with E-state index in [2.05, 4.69) is 16.1 Å². The highest BCUT2D eigenvalue weighted by atomic mass is 16.4. The minimum atomic E-state index is -0.983. The number of hydrogen-bond acceptors (Lipinski definition) is 3. The van der Waals surface area contributed by atoms with Crippen molar-refractivity contribution in [1.82, 2.24) is 14.8 Å². The number of nitrogens with zero attached hydrogens (tertiary/aromatic N) is 3. The first-order valence-electron chi connectivity index (χ1n) is 6.63. The number of carboxylic acid groups (broad SMARTS) is 1. The Morgan fingerprint density at radius 2 is 1.95 bits per heavy atom. The van der Waals surface area contributed by atoms with Crippen molar-refractivity contribution in [2.75, 3.05) is 0 Å². The molecule has 3 rings (SSSR count). The van der Waals surface area contributed by atoms with Crippen molar-refractivity contribution in [3.63, 3.8) is 0 Å². The van der Waals surface area contributed by atoms with E-state index >= 15 is 0 Å². The summed E-state index contributed by atoms with van der Waals surface area (Å²) in [5.41, 5.74) is 4.85. The molecular weight excluding hydrogens is 266 g/mol. The summed E-state index contributed by atoms with van der Waals surface area (Å²) in [5.74, 6) is -0.983. The number of pyridine rings is 1. The van der Waals surface area contributed by atoms with Crippen molar-refractivity contribution in [2.45, 2.75) is 20.8 Å². The van der Waals surface area contributed by atoms with E-state index in [0.717, 1.165) is 22.3 Å². The Morgan fingerprint density at radius 3 is 2.62 bits per heavy atom. The third-order valence-electron chi connectivity index (χ3n) is 3.53. The maximum absolute atomic E-state index is 11.1. The summed E-state index contributed by atoms with van der Waals surface area (Å²) in [4.78, 5) is 15.3. The van der Waals surface area contributed by atoms with Crippen LogP contribution in [-0.2, 0) is 0 Å². The molecule has 1 aromatic carbocycles. The standard InChI is InChI=1S/C16H15N3O2/c1-9-4-5-14(10(2)6-9)19-15-13(11(3)18-19)7-12(8-17-15)16(20)21/h4-8H,1-3H3,(H,20,21). The lowest BCUT2D eigenvalue weighted by Crippen LogP contribution is -2.02. The molecule has 5 heteroatoms. The van der Waals surface area contributed by atoms with Crippen molar-refractivity contribution >= 4 is 17.0 Å². The average molecular weight is 281 g/mol. The molecule has 0 aliphatic rings. The molecule has 2 heterocycles. The minimum absolute atomic E-state index is 0.172. The summed E-state index contributed by atoms with van der Waals surface area (Å²) in [6.45, 7) is 5.92. The number of aromatic nitrogens is 3. The van der Waals surface area contributed by atoms with Gasteiger partial charge in [-0.3, -0.25) is 0 Å². The van der Waals surface area contributed by atoms with Crippen molar-refractivity contribution in [3.8, 4) is 5.69 Å². The van der Waals surface area contributed by atoms with Gasteiger partial charge in [-0.05, 0) is 38.5 Å². The molecule has 0 fully saturated rings. The molecule has 0 bridgehead atoms. The van der Waals surface area contributed by atoms with Gasteiger partial charge in [0.05, 0.1) is 16.9 Å². The normalized spacial score (nSPS) is 11.0. The van der Waals surface area contributed by atoms with Crippen molar-refractivity contribution in [1.29, 1.82) is 0 Å². The Labute approximate surface area is 121 Å². The summed E-state index contributed by atoms with van der Waals surface area (Å²) >= 11 is 0. The second kappa shape index (κ2) is 4.70. The topological polar surface area (TPSA) is 68.0 Å². The zero-order valence-corrected chi connectivity index (χ0v) is 12.1. The van der Waals surface area contributed by atoms with Gasteiger partial charge in [-0.2, -0.15) is 5.10 Å². The summed E-state index contributed by atoms with van der Waals surface area (Å²) in [6, 6.07) is 7.73. The van der Waals surface area contributed by atoms with Gasteiger partial charge in [-0.25, -0.2) is 14.5 Å². The summed E-state index contributed by atoms with van der Waals surface area (Å²) in [5, 5.41) is 14.3. The monoisotopic (exact) mass is 281 g/mol. The second-order valence-electron chi connectivity index (χ2n) is 5.19. The molecule has 106 valence electrons. The fourth-order valence-corrected chi connectivity index (χ4v) is 2.47. The number of benzene rings is 1. The Morgan fingerprint density at radius 1 is 1.19 bits per heavy atom. The van der Waals surface area contributed by atoms with Crippen LogP contribution in [0.2, 0.25) is 0 Å². The van der Waals surface area contributed by atoms with Gasteiger partial charge in [-0.15, -0.1) is 0 Å². The molecule has 0 unspecified atom stereocenters. The molecular formula is C16H15N3O2. The van der Waals surface area contributed by atoms with E-state index in [-0.39, 0.29) is 5.56 Å². The Hall–Kier alpha value is -2.69. The highest BCUT2D eigenvalue weighted by molar-refractivity contribution is 5.92. The maximum atomic E-state index is 11.1. The third-order valence-corrected chi connectivity index (χ3v) is 3.53. The van der Waals surface area contributed by atoms with Crippen LogP contribution in [0.15, 0.2) is 30.5 Å². The van der Waals surface area contributed by atoms with Crippen molar-refractivity contribution < 1.29 is 9.90 Å². The average Bonchev–Trinajstić information content (AvgIpc) is 2.75. The van der Waals surface area contributed by atoms with Crippen LogP contribution in [0.4, 0.5) is 0 Å². The molecule has 0 spiro atoms. The molecule has 0 amide bonds. The molecule has 5 nitrogen and oxygen atoms in total. The lowest BCUT2D eigenvalue weighted by Gasteiger charge is -2.07. The number of carboxylic acids is 1. The van der Waals surface area contributed by atoms with Crippen LogP contribution >= 0.6 is 0 Å². The van der Waals surface area contributed by atoms with Gasteiger partial charge in [0.25, 0.3) is 0 Å². The zero-order valence-electron chi connectivity index (χ0n) is 12.1. The van der Waals surface area contributed by atoms with Crippen LogP contribution < -0.4 is 0 Å². The largest absolute Gasteiger partial charge is 0.478 e. The van der Waals surface area contributed by atoms with Gasteiger partial charge in [-0.1, -0.05) is 17.7 Å². The summed E-state index contributed by atoms with van der Waals surface area (Å²) in [6.07, 6.45) is 1.37. The maximum Gasteiger partial charge on any atom is 0.337 e. The Bertz CT molecular complexity index is 865. The third kappa shape index (κ3) is 2.16. The minimum Gasteiger partial charge on any atom is -0.478 e. The van der Waals surface area contributed by atoms with Crippen molar-refractivity contribution in [2.24, 2.45) is 0 Å². The summed E-state index contributed by atoms with van der Waals surface area (Å²) < 4.78 is 1.77. The zero-order chi connectivity index (χ0) is 15.1. The number of aromatic carboxylic acids is 1. The first kappa shape index (κ1) is 13.3. The van der Waals surface area contributed by atoms with E-state index in [0.29, 0.717) is 5.65 Å². The number of carbonyl (C=O) groups is 1. The number of hydrogen-bond donors (Lipinski definition) is 1. The first-order chi connectivity index (χ1) is 9.97. The SMILES string of the molecule is Cc1ccc(-n2nc(C)c3cc(C(=O)O)cnc32)c(C)c1. The fourth-order valence-electron chi connectivity index (χ4n) is 2.47. The van der Waals surface area contributed by atoms with Gasteiger partial charge in [0.2, 0.25) is 0 Å². The first-order valence-corrected chi connectivity index (χ1v) is 6.63. The number of rotatable bonds is 2. The van der Waals surface area contributed by atoms with E-state index in [4.69, 9.17) is 5.11 Å². The Kier molecular flexibility index (Phi) is 2.97. The molecule has 21 heavy (non-hydrogen) atoms. The molecule has 0 aliphatic carbocycles. The summed E-state index contributed by atoms with van der Waals surface area (Å²) in [7, 11) is 0. The van der Waals surface area contributed by atoms with E-state index in [1.54, 1.807) is 10.7 Å². The molecule has 3 aromatic rings. The van der Waals surface area contributed by atoms with Crippen LogP contribution in [0.25, 0.3) is 16.7 Å². The molecule has 2 aromatic heterocycles. The molecule has 0 atom stereocenters. The fraction of sp³-hybridized carbons (Fsp3) is 0.188. The van der Waals surface area contributed by atoms with Gasteiger partial charge in [0.1, 0.15) is 0 Å². The van der Waals surface area contributed by atoms with Crippen LogP contribution in [0.5, 0.6) is 0 Å². The van der Waals surface area contributed by atoms with Crippen molar-refractivity contribution in [3.05, 3.63) is 52.8 Å². The molecule has 0 saturated carbocycles. The van der Waals surface area contributed by atoms with E-state index < -0.39 is 5.97 Å². The van der Waals surface area contributed by atoms with Gasteiger partial charge >= 0.3 is 5.97 Å². The predicted molar refractivity (Wildman–Crippen MR) is 80.0 cm³/mol. The van der Waals surface area contributed by atoms with Crippen LogP contribution in [0.3, 0.4) is 0 Å². The highest BCUT2D eigenvalue weighted by Gasteiger charge is 2.14. The molecule has 0 saturated heterocycles. The van der Waals surface area contributed by atoms with Crippen LogP contribution in [0, 0.1) is 20.8 Å². The smallest absolute Gasteiger partial charge is 0.337 e. The molecule has 1 N–H and O–H groups in total. The van der Waals surface area contributed by atoms with Gasteiger partial charge in [0.15, 0.2) is 5.65 Å². The number of fused-ring (bicyclic) bond motifs is 1. The van der Waals surface area contributed by atoms with Crippen LogP contribution in [0.1, 0.15) is 27.2 Å². The second-order valence-corrected chi connectivity index (χ2v) is 5.19. The van der Waals surface area contributed by atoms with E-state index in [1.807, 2.05) is 32.9 Å². The predicted octanol–water partition coefficient (Wildman–Crippen LogP) is 3.04. The molecule has 0 radical (unpaired) electrons. The van der Waals surface area contributed by atoms with Crippen LogP contribution in [-0.4, -0.2) is 25.8 Å². The number of aryl methyl sites for hydroxylation is 3. The quantitative estimate of drug-likeness (QED) is 0.784. The highest BCUT2D eigenvalue weighted by Crippen LogP contribution is 2.23. The van der Waals surface area contributed by atoms with E-state index in [9.17, 15) is 4.79 Å². The van der Waals surface area contributed by atoms with E-state index in [1.165, 1.54) is 11.8 Å². The molecule has 0 aliphatic heterocycles. The van der Waals surface area contributed by atoms with Gasteiger partial charge in [0, 0.05) is 11.6 Å².